The van der Waals surface area contributed by atoms with Gasteiger partial charge in [-0.1, -0.05) is 37.3 Å². The van der Waals surface area contributed by atoms with Crippen molar-refractivity contribution in [3.63, 3.8) is 0 Å². The lowest BCUT2D eigenvalue weighted by Gasteiger charge is -2.22. The quantitative estimate of drug-likeness (QED) is 0.790. The highest BCUT2D eigenvalue weighted by Crippen LogP contribution is 2.27. The van der Waals surface area contributed by atoms with E-state index in [2.05, 4.69) is 10.6 Å². The number of Topliss-reactive ketones (excluding diaryl/α,β-unsaturated/α-hetero) is 2. The Hall–Kier alpha value is -2.86. The Morgan fingerprint density at radius 2 is 1.62 bits per heavy atom. The van der Waals surface area contributed by atoms with Gasteiger partial charge in [0.15, 0.2) is 0 Å². The number of rotatable bonds is 5. The Balaban J connectivity index is 2.08. The van der Waals surface area contributed by atoms with E-state index in [1.807, 2.05) is 30.5 Å². The van der Waals surface area contributed by atoms with E-state index in [-0.39, 0.29) is 35.3 Å². The average Bonchev–Trinajstić information content (AvgIpc) is 2.68. The highest BCUT2D eigenvalue weighted by atomic mass is 32.2. The molecule has 5 nitrogen and oxygen atoms in total. The van der Waals surface area contributed by atoms with Crippen molar-refractivity contribution in [3.05, 3.63) is 71.1 Å². The van der Waals surface area contributed by atoms with Gasteiger partial charge in [-0.25, -0.2) is 0 Å². The molecule has 6 heteroatoms. The van der Waals surface area contributed by atoms with E-state index in [4.69, 9.17) is 0 Å². The van der Waals surface area contributed by atoms with Gasteiger partial charge in [0.05, 0.1) is 0 Å². The van der Waals surface area contributed by atoms with Crippen LogP contribution in [0.15, 0.2) is 64.8 Å². The van der Waals surface area contributed by atoms with Gasteiger partial charge < -0.3 is 10.6 Å². The number of hydrogen-bond acceptors (Lipinski definition) is 5. The van der Waals surface area contributed by atoms with E-state index < -0.39 is 0 Å². The van der Waals surface area contributed by atoms with Crippen LogP contribution in [0.4, 0.5) is 5.69 Å². The van der Waals surface area contributed by atoms with E-state index in [0.717, 1.165) is 4.90 Å². The Bertz CT molecular complexity index is 934. The summed E-state index contributed by atoms with van der Waals surface area (Å²) < 4.78 is 0. The number of benzene rings is 2. The molecule has 0 heterocycles. The second-order valence-corrected chi connectivity index (χ2v) is 6.59. The summed E-state index contributed by atoms with van der Waals surface area (Å²) >= 11 is 1.57. The monoisotopic (exact) mass is 366 g/mol. The minimum atomic E-state index is -0.370. The van der Waals surface area contributed by atoms with Crippen LogP contribution in [0, 0.1) is 0 Å². The normalized spacial score (nSPS) is 13.5. The van der Waals surface area contributed by atoms with E-state index in [9.17, 15) is 14.4 Å². The molecular weight excluding hydrogens is 348 g/mol. The first kappa shape index (κ1) is 17.9. The molecule has 26 heavy (non-hydrogen) atoms. The summed E-state index contributed by atoms with van der Waals surface area (Å²) in [4.78, 5) is 38.8. The molecule has 0 aromatic heterocycles. The van der Waals surface area contributed by atoms with Crippen molar-refractivity contribution in [3.8, 4) is 0 Å². The number of allylic oxidation sites excluding steroid dienone is 2. The first-order valence-electron chi connectivity index (χ1n) is 8.18. The van der Waals surface area contributed by atoms with Crippen molar-refractivity contribution in [2.24, 2.45) is 0 Å². The lowest BCUT2D eigenvalue weighted by molar-refractivity contribution is -0.120. The van der Waals surface area contributed by atoms with Crippen molar-refractivity contribution in [1.82, 2.24) is 5.32 Å². The van der Waals surface area contributed by atoms with Crippen LogP contribution in [0.3, 0.4) is 0 Å². The van der Waals surface area contributed by atoms with Gasteiger partial charge in [-0.05, 0) is 24.5 Å². The number of anilines is 1. The van der Waals surface area contributed by atoms with Gasteiger partial charge in [-0.15, -0.1) is 11.8 Å². The lowest BCUT2D eigenvalue weighted by atomic mass is 9.90. The number of ketones is 2. The number of hydrogen-bond donors (Lipinski definition) is 2. The molecule has 0 spiro atoms. The summed E-state index contributed by atoms with van der Waals surface area (Å²) in [5.41, 5.74) is 1.39. The topological polar surface area (TPSA) is 75.3 Å². The average molecular weight is 366 g/mol. The van der Waals surface area contributed by atoms with E-state index >= 15 is 0 Å². The number of nitrogens with one attached hydrogen (secondary N) is 2. The van der Waals surface area contributed by atoms with Crippen LogP contribution in [0.2, 0.25) is 0 Å². The zero-order chi connectivity index (χ0) is 18.7. The molecule has 0 aliphatic heterocycles. The second-order valence-electron chi connectivity index (χ2n) is 5.71. The molecule has 1 aliphatic carbocycles. The lowest BCUT2D eigenvalue weighted by Crippen LogP contribution is -2.35. The third kappa shape index (κ3) is 3.41. The fraction of sp³-hybridized carbons (Fsp3) is 0.150. The van der Waals surface area contributed by atoms with Crippen LogP contribution in [0.1, 0.15) is 34.1 Å². The third-order valence-corrected chi connectivity index (χ3v) is 4.77. The van der Waals surface area contributed by atoms with E-state index in [1.54, 1.807) is 43.0 Å². The van der Waals surface area contributed by atoms with Gasteiger partial charge in [0.2, 0.25) is 17.5 Å². The number of carbonyl (C=O) groups excluding carboxylic acids is 3. The second kappa shape index (κ2) is 7.58. The smallest absolute Gasteiger partial charge is 0.224 e. The number of fused-ring (bicyclic) bond motifs is 1. The van der Waals surface area contributed by atoms with Crippen LogP contribution in [-0.4, -0.2) is 23.7 Å². The number of thioether (sulfide) groups is 1. The minimum absolute atomic E-state index is 0.00453. The zero-order valence-electron chi connectivity index (χ0n) is 14.5. The maximum atomic E-state index is 13.0. The highest BCUT2D eigenvalue weighted by molar-refractivity contribution is 7.98. The number of amides is 1. The molecule has 1 aliphatic rings. The number of carbonyl (C=O) groups is 3. The van der Waals surface area contributed by atoms with Crippen molar-refractivity contribution in [2.75, 3.05) is 11.6 Å². The van der Waals surface area contributed by atoms with E-state index in [0.29, 0.717) is 16.8 Å². The van der Waals surface area contributed by atoms with Gasteiger partial charge in [-0.2, -0.15) is 0 Å². The van der Waals surface area contributed by atoms with Crippen molar-refractivity contribution < 1.29 is 14.4 Å². The highest BCUT2D eigenvalue weighted by Gasteiger charge is 2.33. The molecule has 0 radical (unpaired) electrons. The van der Waals surface area contributed by atoms with Crippen LogP contribution < -0.4 is 10.6 Å². The summed E-state index contributed by atoms with van der Waals surface area (Å²) in [5, 5.41) is 5.63. The summed E-state index contributed by atoms with van der Waals surface area (Å²) in [6.07, 6.45) is 2.17. The van der Waals surface area contributed by atoms with Gasteiger partial charge >= 0.3 is 0 Å². The zero-order valence-corrected chi connectivity index (χ0v) is 15.3. The fourth-order valence-corrected chi connectivity index (χ4v) is 3.15. The first-order chi connectivity index (χ1) is 12.5. The predicted molar refractivity (Wildman–Crippen MR) is 102 cm³/mol. The maximum Gasteiger partial charge on any atom is 0.224 e. The molecular formula is C20H18N2O3S. The fourth-order valence-electron chi connectivity index (χ4n) is 2.69. The Morgan fingerprint density at radius 3 is 2.23 bits per heavy atom. The molecule has 0 unspecified atom stereocenters. The maximum absolute atomic E-state index is 13.0. The summed E-state index contributed by atoms with van der Waals surface area (Å²) in [7, 11) is 0. The molecule has 2 aromatic carbocycles. The minimum Gasteiger partial charge on any atom is -0.350 e. The Morgan fingerprint density at radius 1 is 0.962 bits per heavy atom. The van der Waals surface area contributed by atoms with Crippen LogP contribution >= 0.6 is 11.8 Å². The third-order valence-electron chi connectivity index (χ3n) is 4.05. The van der Waals surface area contributed by atoms with Crippen molar-refractivity contribution in [1.29, 1.82) is 0 Å². The van der Waals surface area contributed by atoms with Gasteiger partial charge in [-0.3, -0.25) is 14.4 Å². The van der Waals surface area contributed by atoms with Crippen LogP contribution in [-0.2, 0) is 4.79 Å². The molecule has 0 bridgehead atoms. The van der Waals surface area contributed by atoms with Crippen molar-refractivity contribution >= 4 is 34.9 Å². The molecule has 1 amide bonds. The van der Waals surface area contributed by atoms with E-state index in [1.165, 1.54) is 0 Å². The predicted octanol–water partition coefficient (Wildman–Crippen LogP) is 3.64. The summed E-state index contributed by atoms with van der Waals surface area (Å²) in [6.45, 7) is 1.69. The SMILES string of the molecule is CCC(=O)NC1=C(Nc2cccc(SC)c2)C(=O)c2ccccc2C1=O. The largest absolute Gasteiger partial charge is 0.350 e. The van der Waals surface area contributed by atoms with Gasteiger partial charge in [0.1, 0.15) is 11.4 Å². The Kier molecular flexibility index (Phi) is 5.23. The molecule has 0 fully saturated rings. The van der Waals surface area contributed by atoms with Crippen LogP contribution in [0.5, 0.6) is 0 Å². The standard InChI is InChI=1S/C20H18N2O3S/c1-3-16(23)22-18-17(21-12-7-6-8-13(11-12)26-2)19(24)14-9-4-5-10-15(14)20(18)25/h4-11,21H,3H2,1-2H3,(H,22,23). The van der Waals surface area contributed by atoms with Crippen LogP contribution in [0.25, 0.3) is 0 Å². The molecule has 132 valence electrons. The Labute approximate surface area is 155 Å². The molecule has 2 N–H and O–H groups in total. The molecule has 0 atom stereocenters. The van der Waals surface area contributed by atoms with Crippen molar-refractivity contribution in [2.45, 2.75) is 18.2 Å². The molecule has 2 aromatic rings. The molecule has 0 saturated heterocycles. The summed E-state index contributed by atoms with van der Waals surface area (Å²) in [6, 6.07) is 14.1. The molecule has 0 saturated carbocycles. The molecule has 3 rings (SSSR count). The van der Waals surface area contributed by atoms with Gasteiger partial charge in [0.25, 0.3) is 0 Å². The van der Waals surface area contributed by atoms with Gasteiger partial charge in [0, 0.05) is 28.1 Å². The first-order valence-corrected chi connectivity index (χ1v) is 9.41. The summed E-state index contributed by atoms with van der Waals surface area (Å²) in [5.74, 6) is -1.01.